The fourth-order valence-corrected chi connectivity index (χ4v) is 9.94. The van der Waals surface area contributed by atoms with Crippen LogP contribution in [0.4, 0.5) is 0 Å². The highest BCUT2D eigenvalue weighted by Crippen LogP contribution is 2.49. The van der Waals surface area contributed by atoms with Gasteiger partial charge in [-0.3, -0.25) is 0 Å². The fourth-order valence-electron chi connectivity index (χ4n) is 6.40. The third-order valence-electron chi connectivity index (χ3n) is 8.58. The summed E-state index contributed by atoms with van der Waals surface area (Å²) in [6.07, 6.45) is 0.483. The van der Waals surface area contributed by atoms with Crippen LogP contribution in [0.3, 0.4) is 0 Å². The molecule has 0 unspecified atom stereocenters. The summed E-state index contributed by atoms with van der Waals surface area (Å²) in [4.78, 5) is 0.313. The Morgan fingerprint density at radius 2 is 1.24 bits per heavy atom. The molecule has 4 aromatic carbocycles. The summed E-state index contributed by atoms with van der Waals surface area (Å²) < 4.78 is 67.4. The van der Waals surface area contributed by atoms with E-state index in [0.717, 1.165) is 16.7 Å². The molecule has 2 heterocycles. The summed E-state index contributed by atoms with van der Waals surface area (Å²) in [6.45, 7) is 4.14. The maximum absolute atomic E-state index is 14.7. The SMILES string of the molecule is CCOC1=C2CN(S(=O)(=O)c3ccc(Cl)cc3)[C@H](c3ccccc3)C[C@@H]2N(S(=O)(=O)c2ccc(C)cc2)[C@H](c2ccccc2)C1. The summed E-state index contributed by atoms with van der Waals surface area (Å²) in [5.74, 6) is 0.634. The third kappa shape index (κ3) is 6.07. The maximum Gasteiger partial charge on any atom is 0.244 e. The molecule has 4 aromatic rings. The summed E-state index contributed by atoms with van der Waals surface area (Å²) >= 11 is 6.10. The number of aryl methyl sites for hydroxylation is 1. The van der Waals surface area contributed by atoms with Crippen LogP contribution < -0.4 is 0 Å². The second kappa shape index (κ2) is 12.7. The molecule has 45 heavy (non-hydrogen) atoms. The summed E-state index contributed by atoms with van der Waals surface area (Å²) in [5.41, 5.74) is 3.24. The lowest BCUT2D eigenvalue weighted by atomic mass is 9.84. The quantitative estimate of drug-likeness (QED) is 0.198. The number of piperidine rings is 1. The molecule has 0 aromatic heterocycles. The van der Waals surface area contributed by atoms with Crippen LogP contribution in [0.2, 0.25) is 5.02 Å². The van der Waals surface area contributed by atoms with Crippen LogP contribution in [0.15, 0.2) is 130 Å². The van der Waals surface area contributed by atoms with Gasteiger partial charge >= 0.3 is 0 Å². The van der Waals surface area contributed by atoms with E-state index in [1.807, 2.05) is 74.5 Å². The highest BCUT2D eigenvalue weighted by Gasteiger charge is 2.51. The zero-order valence-corrected chi connectivity index (χ0v) is 27.5. The van der Waals surface area contributed by atoms with Crippen molar-refractivity contribution >= 4 is 31.6 Å². The molecule has 0 saturated carbocycles. The number of benzene rings is 4. The van der Waals surface area contributed by atoms with Crippen molar-refractivity contribution in [3.8, 4) is 0 Å². The molecule has 0 radical (unpaired) electrons. The highest BCUT2D eigenvalue weighted by atomic mass is 35.5. The predicted molar refractivity (Wildman–Crippen MR) is 176 cm³/mol. The number of halogens is 1. The van der Waals surface area contributed by atoms with Gasteiger partial charge < -0.3 is 4.74 Å². The van der Waals surface area contributed by atoms with E-state index >= 15 is 0 Å². The lowest BCUT2D eigenvalue weighted by Crippen LogP contribution is -2.54. The molecular weight excluding hydrogens is 628 g/mol. The fraction of sp³-hybridized carbons (Fsp3) is 0.257. The van der Waals surface area contributed by atoms with Gasteiger partial charge in [0, 0.05) is 23.6 Å². The van der Waals surface area contributed by atoms with Crippen LogP contribution >= 0.6 is 11.6 Å². The van der Waals surface area contributed by atoms with Crippen molar-refractivity contribution in [1.29, 1.82) is 0 Å². The van der Waals surface area contributed by atoms with E-state index in [-0.39, 0.29) is 29.2 Å². The topological polar surface area (TPSA) is 84.0 Å². The maximum atomic E-state index is 14.7. The second-order valence-electron chi connectivity index (χ2n) is 11.3. The van der Waals surface area contributed by atoms with E-state index in [4.69, 9.17) is 16.3 Å². The van der Waals surface area contributed by atoms with E-state index in [9.17, 15) is 16.8 Å². The molecule has 2 aliphatic heterocycles. The molecule has 0 bridgehead atoms. The highest BCUT2D eigenvalue weighted by molar-refractivity contribution is 7.89. The Morgan fingerprint density at radius 3 is 1.82 bits per heavy atom. The van der Waals surface area contributed by atoms with Gasteiger partial charge in [-0.05, 0) is 67.8 Å². The number of hydrogen-bond donors (Lipinski definition) is 0. The Labute approximate surface area is 270 Å². The molecule has 3 atom stereocenters. The van der Waals surface area contributed by atoms with Gasteiger partial charge in [-0.25, -0.2) is 16.8 Å². The normalized spacial score (nSPS) is 21.4. The molecule has 234 valence electrons. The number of sulfonamides is 2. The minimum Gasteiger partial charge on any atom is -0.498 e. The van der Waals surface area contributed by atoms with Crippen molar-refractivity contribution in [3.63, 3.8) is 0 Å². The molecule has 10 heteroatoms. The van der Waals surface area contributed by atoms with Gasteiger partial charge in [-0.2, -0.15) is 8.61 Å². The molecule has 0 amide bonds. The number of hydrogen-bond acceptors (Lipinski definition) is 5. The summed E-state index contributed by atoms with van der Waals surface area (Å²) in [5, 5.41) is 0.435. The van der Waals surface area contributed by atoms with Gasteiger partial charge in [0.15, 0.2) is 0 Å². The van der Waals surface area contributed by atoms with Crippen molar-refractivity contribution in [3.05, 3.63) is 142 Å². The van der Waals surface area contributed by atoms with Gasteiger partial charge in [0.05, 0.1) is 40.3 Å². The monoisotopic (exact) mass is 662 g/mol. The predicted octanol–water partition coefficient (Wildman–Crippen LogP) is 7.28. The van der Waals surface area contributed by atoms with Gasteiger partial charge in [-0.1, -0.05) is 90.0 Å². The third-order valence-corrected chi connectivity index (χ3v) is 12.6. The Morgan fingerprint density at radius 1 is 0.711 bits per heavy atom. The zero-order chi connectivity index (χ0) is 31.8. The van der Waals surface area contributed by atoms with Crippen LogP contribution in [-0.2, 0) is 24.8 Å². The first-order valence-electron chi connectivity index (χ1n) is 14.9. The number of ether oxygens (including phenoxy) is 1. The van der Waals surface area contributed by atoms with Crippen molar-refractivity contribution in [2.24, 2.45) is 0 Å². The van der Waals surface area contributed by atoms with Crippen molar-refractivity contribution in [1.82, 2.24) is 8.61 Å². The smallest absolute Gasteiger partial charge is 0.244 e. The minimum atomic E-state index is -4.04. The molecule has 1 saturated heterocycles. The average Bonchev–Trinajstić information content (AvgIpc) is 3.05. The molecule has 7 nitrogen and oxygen atoms in total. The Balaban J connectivity index is 1.55. The van der Waals surface area contributed by atoms with Gasteiger partial charge in [-0.15, -0.1) is 0 Å². The van der Waals surface area contributed by atoms with Crippen molar-refractivity contribution < 1.29 is 21.6 Å². The lowest BCUT2D eigenvalue weighted by Gasteiger charge is -2.49. The van der Waals surface area contributed by atoms with Crippen molar-refractivity contribution in [2.45, 2.75) is 54.6 Å². The van der Waals surface area contributed by atoms with E-state index in [1.165, 1.54) is 16.4 Å². The first-order valence-corrected chi connectivity index (χ1v) is 18.2. The molecule has 0 spiro atoms. The Bertz CT molecular complexity index is 1900. The second-order valence-corrected chi connectivity index (χ2v) is 15.5. The van der Waals surface area contributed by atoms with E-state index in [2.05, 4.69) is 0 Å². The van der Waals surface area contributed by atoms with Crippen LogP contribution in [0.5, 0.6) is 0 Å². The lowest BCUT2D eigenvalue weighted by molar-refractivity contribution is 0.118. The molecule has 0 N–H and O–H groups in total. The standard InChI is InChI=1S/C35H35ClN2O5S2/c1-3-43-35-23-33(27-12-8-5-9-13-27)38(45(41,42)30-18-14-25(2)15-19-30)34-22-32(26-10-6-4-7-11-26)37(24-31(34)35)44(39,40)29-20-16-28(36)17-21-29/h4-21,32-34H,3,22-24H2,1-2H3/t32-,33-,34-/m0/s1. The van der Waals surface area contributed by atoms with Gasteiger partial charge in [0.25, 0.3) is 0 Å². The van der Waals surface area contributed by atoms with E-state index < -0.39 is 38.2 Å². The van der Waals surface area contributed by atoms with Crippen LogP contribution in [-0.4, -0.2) is 44.6 Å². The summed E-state index contributed by atoms with van der Waals surface area (Å²) in [7, 11) is -8.06. The Hall–Kier alpha value is -3.47. The molecular formula is C35H35ClN2O5S2. The van der Waals surface area contributed by atoms with Crippen molar-refractivity contribution in [2.75, 3.05) is 13.2 Å². The first-order chi connectivity index (χ1) is 21.6. The van der Waals surface area contributed by atoms with Crippen LogP contribution in [0.25, 0.3) is 0 Å². The van der Waals surface area contributed by atoms with E-state index in [1.54, 1.807) is 40.7 Å². The minimum absolute atomic E-state index is 0.0219. The first kappa shape index (κ1) is 31.5. The largest absolute Gasteiger partial charge is 0.498 e. The number of fused-ring (bicyclic) bond motifs is 1. The molecule has 1 fully saturated rings. The van der Waals surface area contributed by atoms with Crippen LogP contribution in [0.1, 0.15) is 48.5 Å². The van der Waals surface area contributed by atoms with Crippen LogP contribution in [0, 0.1) is 6.92 Å². The number of rotatable bonds is 8. The zero-order valence-electron chi connectivity index (χ0n) is 25.1. The summed E-state index contributed by atoms with van der Waals surface area (Å²) in [6, 6.07) is 30.1. The molecule has 6 rings (SSSR count). The van der Waals surface area contributed by atoms with Gasteiger partial charge in [0.2, 0.25) is 20.0 Å². The number of nitrogens with zero attached hydrogens (tertiary/aromatic N) is 2. The Kier molecular flexibility index (Phi) is 8.91. The van der Waals surface area contributed by atoms with E-state index in [0.29, 0.717) is 23.0 Å². The molecule has 0 aliphatic carbocycles. The van der Waals surface area contributed by atoms with Gasteiger partial charge in [0.1, 0.15) is 0 Å². The average molecular weight is 663 g/mol. The molecule has 2 aliphatic rings.